The van der Waals surface area contributed by atoms with Crippen molar-refractivity contribution >= 4 is 73.3 Å². The van der Waals surface area contributed by atoms with Crippen molar-refractivity contribution in [2.24, 2.45) is 0 Å². The van der Waals surface area contributed by atoms with Crippen LogP contribution in [-0.2, 0) is 21.7 Å². The van der Waals surface area contributed by atoms with Crippen molar-refractivity contribution in [3.63, 3.8) is 0 Å². The molecule has 0 amide bonds. The van der Waals surface area contributed by atoms with Gasteiger partial charge in [-0.15, -0.1) is 0 Å². The quantitative estimate of drug-likeness (QED) is 0.175. The van der Waals surface area contributed by atoms with Gasteiger partial charge in [0, 0.05) is 50.5 Å². The summed E-state index contributed by atoms with van der Waals surface area (Å²) >= 11 is 0. The summed E-state index contributed by atoms with van der Waals surface area (Å²) < 4.78 is 9.20. The summed E-state index contributed by atoms with van der Waals surface area (Å²) in [6.07, 6.45) is 4.66. The molecule has 0 saturated heterocycles. The monoisotopic (exact) mass is 883 g/mol. The van der Waals surface area contributed by atoms with Gasteiger partial charge < -0.3 is 14.3 Å². The van der Waals surface area contributed by atoms with E-state index in [1.165, 1.54) is 101 Å². The molecule has 4 nitrogen and oxygen atoms in total. The minimum Gasteiger partial charge on any atom is -0.436 e. The van der Waals surface area contributed by atoms with Crippen molar-refractivity contribution in [2.75, 3.05) is 5.32 Å². The maximum Gasteiger partial charge on any atom is 0.227 e. The SMILES string of the molecule is CC1(C)CCC(C)(C)c2cc(Nc3cc4c(cc3-c3cc(-c5ccccc5)c5c6cc7ccccc7cc6n6c5c3Bc3cc5nc(-c7ccccc7)oc5cc3-6)C(C)(C)CCC4(C)C)ccc21. The second kappa shape index (κ2) is 14.3. The summed E-state index contributed by atoms with van der Waals surface area (Å²) in [5.41, 5.74) is 22.3. The van der Waals surface area contributed by atoms with Crippen LogP contribution in [0.25, 0.3) is 83.1 Å². The Labute approximate surface area is 400 Å². The van der Waals surface area contributed by atoms with Crippen molar-refractivity contribution in [1.29, 1.82) is 0 Å². The van der Waals surface area contributed by atoms with Gasteiger partial charge in [-0.1, -0.05) is 140 Å². The van der Waals surface area contributed by atoms with Crippen molar-refractivity contribution in [3.05, 3.63) is 168 Å². The number of aromatic nitrogens is 2. The molecule has 334 valence electrons. The molecule has 1 aliphatic heterocycles. The van der Waals surface area contributed by atoms with Crippen LogP contribution in [0.3, 0.4) is 0 Å². The topological polar surface area (TPSA) is 43.0 Å². The highest BCUT2D eigenvalue weighted by atomic mass is 16.3. The van der Waals surface area contributed by atoms with E-state index in [4.69, 9.17) is 9.40 Å². The highest BCUT2D eigenvalue weighted by molar-refractivity contribution is 6.74. The largest absolute Gasteiger partial charge is 0.436 e. The van der Waals surface area contributed by atoms with E-state index in [1.807, 2.05) is 18.2 Å². The van der Waals surface area contributed by atoms with Crippen LogP contribution in [0.2, 0.25) is 0 Å². The first-order chi connectivity index (χ1) is 32.6. The van der Waals surface area contributed by atoms with Crippen LogP contribution in [0.15, 0.2) is 150 Å². The normalized spacial score (nSPS) is 17.2. The van der Waals surface area contributed by atoms with Crippen LogP contribution in [0.5, 0.6) is 0 Å². The zero-order chi connectivity index (χ0) is 46.5. The van der Waals surface area contributed by atoms with Gasteiger partial charge in [0.15, 0.2) is 12.9 Å². The Balaban J connectivity index is 1.14. The highest BCUT2D eigenvalue weighted by Gasteiger charge is 2.40. The molecule has 3 heterocycles. The minimum absolute atomic E-state index is 0.0137. The molecule has 8 aromatic carbocycles. The van der Waals surface area contributed by atoms with Crippen LogP contribution in [0.4, 0.5) is 11.4 Å². The van der Waals surface area contributed by atoms with E-state index in [9.17, 15) is 0 Å². The standard InChI is InChI=1S/C63H58BN3O/c1-60(2)25-26-61(3,4)47-31-41(23-24-46(47)60)65-51-34-49-48(62(5,6)27-28-63(49,7)8)33-43(51)44-32-42(37-17-11-9-12-18-37)56-45-29-39-21-15-16-22-40(39)30-53(45)67-54-36-55-52(35-50(54)64-57(44)58(56)67)66-59(68-55)38-19-13-10-14-20-38/h9-24,29-36,64-65H,25-28H2,1-8H3. The molecule has 2 aromatic heterocycles. The number of anilines is 2. The number of hydrogen-bond donors (Lipinski definition) is 1. The molecule has 0 fully saturated rings. The second-order valence-electron chi connectivity index (χ2n) is 23.0. The third-order valence-corrected chi connectivity index (χ3v) is 16.7. The van der Waals surface area contributed by atoms with E-state index in [1.54, 1.807) is 0 Å². The van der Waals surface area contributed by atoms with Crippen molar-refractivity contribution < 1.29 is 4.42 Å². The predicted octanol–water partition coefficient (Wildman–Crippen LogP) is 15.2. The van der Waals surface area contributed by atoms with Crippen LogP contribution in [-0.4, -0.2) is 16.8 Å². The van der Waals surface area contributed by atoms with E-state index in [2.05, 4.69) is 193 Å². The van der Waals surface area contributed by atoms with Crippen LogP contribution >= 0.6 is 0 Å². The van der Waals surface area contributed by atoms with Gasteiger partial charge in [0.25, 0.3) is 0 Å². The van der Waals surface area contributed by atoms with Gasteiger partial charge in [-0.3, -0.25) is 0 Å². The Kier molecular flexibility index (Phi) is 8.72. The van der Waals surface area contributed by atoms with Gasteiger partial charge in [-0.2, -0.15) is 0 Å². The molecule has 0 bridgehead atoms. The van der Waals surface area contributed by atoms with Crippen LogP contribution < -0.4 is 16.2 Å². The van der Waals surface area contributed by atoms with E-state index in [-0.39, 0.29) is 21.7 Å². The average molecular weight is 884 g/mol. The Morgan fingerprint density at radius 1 is 0.544 bits per heavy atom. The maximum atomic E-state index is 6.64. The number of benzene rings is 8. The van der Waals surface area contributed by atoms with Crippen molar-refractivity contribution in [1.82, 2.24) is 9.55 Å². The van der Waals surface area contributed by atoms with Crippen molar-refractivity contribution in [3.8, 4) is 39.4 Å². The van der Waals surface area contributed by atoms with E-state index in [0.717, 1.165) is 53.8 Å². The fourth-order valence-corrected chi connectivity index (χ4v) is 12.5. The van der Waals surface area contributed by atoms with Crippen molar-refractivity contribution in [2.45, 2.75) is 103 Å². The zero-order valence-corrected chi connectivity index (χ0v) is 40.7. The van der Waals surface area contributed by atoms with Crippen LogP contribution in [0, 0.1) is 0 Å². The summed E-state index contributed by atoms with van der Waals surface area (Å²) in [4.78, 5) is 5.12. The lowest BCUT2D eigenvalue weighted by atomic mass is 9.58. The molecular formula is C63H58BN3O. The zero-order valence-electron chi connectivity index (χ0n) is 40.7. The third kappa shape index (κ3) is 6.23. The van der Waals surface area contributed by atoms with Gasteiger partial charge >= 0.3 is 0 Å². The smallest absolute Gasteiger partial charge is 0.227 e. The minimum atomic E-state index is 0.0137. The van der Waals surface area contributed by atoms with Crippen LogP contribution in [0.1, 0.15) is 103 Å². The number of hydrogen-bond acceptors (Lipinski definition) is 3. The lowest BCUT2D eigenvalue weighted by Gasteiger charge is -2.43. The molecule has 5 heteroatoms. The van der Waals surface area contributed by atoms with Gasteiger partial charge in [-0.25, -0.2) is 4.98 Å². The molecular weight excluding hydrogens is 826 g/mol. The molecule has 0 unspecified atom stereocenters. The fraction of sp³-hybridized carbons (Fsp3) is 0.254. The molecule has 10 aromatic rings. The van der Waals surface area contributed by atoms with Gasteiger partial charge in [0.2, 0.25) is 5.89 Å². The summed E-state index contributed by atoms with van der Waals surface area (Å²) in [5.74, 6) is 0.644. The average Bonchev–Trinajstić information content (AvgIpc) is 3.91. The molecule has 1 N–H and O–H groups in total. The number of nitrogens with one attached hydrogen (secondary N) is 1. The number of oxazole rings is 1. The first kappa shape index (κ1) is 41.4. The Hall–Kier alpha value is -6.85. The Bertz CT molecular complexity index is 3740. The third-order valence-electron chi connectivity index (χ3n) is 16.7. The Morgan fingerprint density at radius 3 is 1.84 bits per heavy atom. The molecule has 0 spiro atoms. The van der Waals surface area contributed by atoms with E-state index < -0.39 is 0 Å². The fourth-order valence-electron chi connectivity index (χ4n) is 12.5. The summed E-state index contributed by atoms with van der Waals surface area (Å²) in [6, 6.07) is 54.5. The number of rotatable bonds is 5. The molecule has 0 atom stereocenters. The van der Waals surface area contributed by atoms with Gasteiger partial charge in [-0.05, 0) is 163 Å². The molecule has 13 rings (SSSR count). The first-order valence-electron chi connectivity index (χ1n) is 24.8. The maximum absolute atomic E-state index is 6.64. The molecule has 0 saturated carbocycles. The number of fused-ring (bicyclic) bond motifs is 9. The van der Waals surface area contributed by atoms with Gasteiger partial charge in [0.05, 0.1) is 5.52 Å². The Morgan fingerprint density at radius 2 is 1.15 bits per heavy atom. The second-order valence-corrected chi connectivity index (χ2v) is 23.0. The lowest BCUT2D eigenvalue weighted by Crippen LogP contribution is -2.37. The first-order valence-corrected chi connectivity index (χ1v) is 24.8. The summed E-state index contributed by atoms with van der Waals surface area (Å²) in [6.45, 7) is 19.5. The molecule has 3 aliphatic rings. The highest BCUT2D eigenvalue weighted by Crippen LogP contribution is 2.52. The molecule has 68 heavy (non-hydrogen) atoms. The van der Waals surface area contributed by atoms with E-state index >= 15 is 0 Å². The predicted molar refractivity (Wildman–Crippen MR) is 289 cm³/mol. The van der Waals surface area contributed by atoms with E-state index in [0.29, 0.717) is 5.89 Å². The lowest BCUT2D eigenvalue weighted by molar-refractivity contribution is 0.332. The molecule has 2 aliphatic carbocycles. The summed E-state index contributed by atoms with van der Waals surface area (Å²) in [5, 5.41) is 9.19. The van der Waals surface area contributed by atoms with Gasteiger partial charge in [0.1, 0.15) is 5.52 Å². The summed E-state index contributed by atoms with van der Waals surface area (Å²) in [7, 11) is 0.753. The number of nitrogens with zero attached hydrogens (tertiary/aromatic N) is 2. The molecule has 0 radical (unpaired) electrons.